The van der Waals surface area contributed by atoms with Crippen molar-refractivity contribution in [2.24, 2.45) is 5.73 Å². The van der Waals surface area contributed by atoms with Crippen LogP contribution in [0.1, 0.15) is 60.9 Å². The van der Waals surface area contributed by atoms with Gasteiger partial charge in [-0.05, 0) is 25.3 Å². The van der Waals surface area contributed by atoms with Gasteiger partial charge in [-0.15, -0.1) is 0 Å². The number of rotatable bonds is 3. The molecule has 2 atom stereocenters. The first-order chi connectivity index (χ1) is 10.2. The maximum Gasteiger partial charge on any atom is 0.231 e. The molecule has 1 saturated carbocycles. The minimum absolute atomic E-state index is 0.153. The summed E-state index contributed by atoms with van der Waals surface area (Å²) in [5, 5.41) is 4.13. The highest BCUT2D eigenvalue weighted by Gasteiger charge is 2.27. The third-order valence-corrected chi connectivity index (χ3v) is 4.35. The SMILES string of the molecule is Cc1ccc(Cc2noc(C3CCCCCC3N)n2)cc1. The van der Waals surface area contributed by atoms with Gasteiger partial charge in [-0.1, -0.05) is 54.2 Å². The lowest BCUT2D eigenvalue weighted by molar-refractivity contribution is 0.323. The molecule has 1 fully saturated rings. The zero-order valence-electron chi connectivity index (χ0n) is 12.6. The Kier molecular flexibility index (Phi) is 4.34. The van der Waals surface area contributed by atoms with Gasteiger partial charge in [0.25, 0.3) is 0 Å². The summed E-state index contributed by atoms with van der Waals surface area (Å²) >= 11 is 0. The molecule has 3 rings (SSSR count). The second-order valence-corrected chi connectivity index (χ2v) is 6.12. The van der Waals surface area contributed by atoms with Gasteiger partial charge >= 0.3 is 0 Å². The number of aryl methyl sites for hydroxylation is 1. The Morgan fingerprint density at radius 1 is 1.14 bits per heavy atom. The van der Waals surface area contributed by atoms with E-state index in [-0.39, 0.29) is 12.0 Å². The van der Waals surface area contributed by atoms with Crippen molar-refractivity contribution in [2.45, 2.75) is 57.4 Å². The highest BCUT2D eigenvalue weighted by atomic mass is 16.5. The van der Waals surface area contributed by atoms with Crippen LogP contribution in [0.4, 0.5) is 0 Å². The van der Waals surface area contributed by atoms with Gasteiger partial charge in [0.2, 0.25) is 5.89 Å². The fourth-order valence-corrected chi connectivity index (χ4v) is 3.02. The highest BCUT2D eigenvalue weighted by molar-refractivity contribution is 5.23. The summed E-state index contributed by atoms with van der Waals surface area (Å²) in [5.74, 6) is 1.71. The Bertz CT molecular complexity index is 576. The number of nitrogens with two attached hydrogens (primary N) is 1. The molecule has 21 heavy (non-hydrogen) atoms. The quantitative estimate of drug-likeness (QED) is 0.878. The fraction of sp³-hybridized carbons (Fsp3) is 0.529. The van der Waals surface area contributed by atoms with E-state index in [4.69, 9.17) is 10.3 Å². The highest BCUT2D eigenvalue weighted by Crippen LogP contribution is 2.30. The summed E-state index contributed by atoms with van der Waals surface area (Å²) in [6, 6.07) is 8.60. The zero-order chi connectivity index (χ0) is 14.7. The van der Waals surface area contributed by atoms with Crippen molar-refractivity contribution in [1.82, 2.24) is 10.1 Å². The predicted molar refractivity (Wildman–Crippen MR) is 82.1 cm³/mol. The topological polar surface area (TPSA) is 64.9 Å². The zero-order valence-corrected chi connectivity index (χ0v) is 12.6. The van der Waals surface area contributed by atoms with E-state index in [1.807, 2.05) is 0 Å². The molecule has 2 unspecified atom stereocenters. The second kappa shape index (κ2) is 6.39. The molecule has 0 amide bonds. The standard InChI is InChI=1S/C17H23N3O/c1-12-7-9-13(10-8-12)11-16-19-17(21-20-16)14-5-3-2-4-6-15(14)18/h7-10,14-15H,2-6,11,18H2,1H3. The number of nitrogens with zero attached hydrogens (tertiary/aromatic N) is 2. The molecule has 0 spiro atoms. The average molecular weight is 285 g/mol. The van der Waals surface area contributed by atoms with E-state index in [9.17, 15) is 0 Å². The van der Waals surface area contributed by atoms with E-state index >= 15 is 0 Å². The number of aromatic nitrogens is 2. The molecular formula is C17H23N3O. The van der Waals surface area contributed by atoms with Gasteiger partial charge in [0.15, 0.2) is 5.82 Å². The van der Waals surface area contributed by atoms with Crippen molar-refractivity contribution in [2.75, 3.05) is 0 Å². The number of hydrogen-bond donors (Lipinski definition) is 1. The van der Waals surface area contributed by atoms with Gasteiger partial charge in [-0.25, -0.2) is 0 Å². The van der Waals surface area contributed by atoms with Gasteiger partial charge < -0.3 is 10.3 Å². The van der Waals surface area contributed by atoms with Gasteiger partial charge in [-0.3, -0.25) is 0 Å². The molecule has 0 bridgehead atoms. The molecule has 2 aromatic rings. The monoisotopic (exact) mass is 285 g/mol. The fourth-order valence-electron chi connectivity index (χ4n) is 3.02. The molecular weight excluding hydrogens is 262 g/mol. The first-order valence-corrected chi connectivity index (χ1v) is 7.86. The third kappa shape index (κ3) is 3.50. The Labute approximate surface area is 125 Å². The van der Waals surface area contributed by atoms with Crippen LogP contribution in [-0.4, -0.2) is 16.2 Å². The first kappa shape index (κ1) is 14.3. The van der Waals surface area contributed by atoms with E-state index in [0.29, 0.717) is 6.42 Å². The van der Waals surface area contributed by atoms with Crippen LogP contribution >= 0.6 is 0 Å². The summed E-state index contributed by atoms with van der Waals surface area (Å²) in [7, 11) is 0. The molecule has 0 radical (unpaired) electrons. The number of hydrogen-bond acceptors (Lipinski definition) is 4. The molecule has 0 aliphatic heterocycles. The van der Waals surface area contributed by atoms with Crippen LogP contribution in [0.3, 0.4) is 0 Å². The van der Waals surface area contributed by atoms with Crippen LogP contribution in [0.5, 0.6) is 0 Å². The summed E-state index contributed by atoms with van der Waals surface area (Å²) in [6.07, 6.45) is 6.50. The molecule has 1 aromatic heterocycles. The minimum atomic E-state index is 0.153. The van der Waals surface area contributed by atoms with Crippen molar-refractivity contribution < 1.29 is 4.52 Å². The van der Waals surface area contributed by atoms with Crippen molar-refractivity contribution in [1.29, 1.82) is 0 Å². The molecule has 1 aliphatic carbocycles. The Balaban J connectivity index is 1.71. The van der Waals surface area contributed by atoms with Crippen LogP contribution in [-0.2, 0) is 6.42 Å². The van der Waals surface area contributed by atoms with E-state index in [1.165, 1.54) is 30.4 Å². The lowest BCUT2D eigenvalue weighted by Crippen LogP contribution is -2.27. The van der Waals surface area contributed by atoms with E-state index in [1.54, 1.807) is 0 Å². The van der Waals surface area contributed by atoms with E-state index < -0.39 is 0 Å². The lowest BCUT2D eigenvalue weighted by Gasteiger charge is -2.16. The average Bonchev–Trinajstić information content (AvgIpc) is 2.82. The molecule has 1 aromatic carbocycles. The smallest absolute Gasteiger partial charge is 0.231 e. The van der Waals surface area contributed by atoms with E-state index in [0.717, 1.165) is 24.6 Å². The van der Waals surface area contributed by atoms with Crippen molar-refractivity contribution in [3.63, 3.8) is 0 Å². The Morgan fingerprint density at radius 3 is 2.71 bits per heavy atom. The van der Waals surface area contributed by atoms with Gasteiger partial charge in [0.1, 0.15) is 0 Å². The molecule has 4 heteroatoms. The molecule has 4 nitrogen and oxygen atoms in total. The summed E-state index contributed by atoms with van der Waals surface area (Å²) in [6.45, 7) is 2.09. The van der Waals surface area contributed by atoms with Crippen LogP contribution in [0, 0.1) is 6.92 Å². The third-order valence-electron chi connectivity index (χ3n) is 4.35. The van der Waals surface area contributed by atoms with E-state index in [2.05, 4.69) is 41.3 Å². The summed E-state index contributed by atoms with van der Waals surface area (Å²) in [5.41, 5.74) is 8.73. The lowest BCUT2D eigenvalue weighted by atomic mass is 9.95. The van der Waals surface area contributed by atoms with Crippen molar-refractivity contribution >= 4 is 0 Å². The van der Waals surface area contributed by atoms with Crippen LogP contribution < -0.4 is 5.73 Å². The molecule has 1 aliphatic rings. The molecule has 2 N–H and O–H groups in total. The number of benzene rings is 1. The van der Waals surface area contributed by atoms with Gasteiger partial charge in [0.05, 0.1) is 5.92 Å². The predicted octanol–water partition coefficient (Wildman–Crippen LogP) is 3.34. The minimum Gasteiger partial charge on any atom is -0.339 e. The van der Waals surface area contributed by atoms with Crippen LogP contribution in [0.15, 0.2) is 28.8 Å². The molecule has 1 heterocycles. The Hall–Kier alpha value is -1.68. The van der Waals surface area contributed by atoms with Gasteiger partial charge in [0, 0.05) is 12.5 Å². The first-order valence-electron chi connectivity index (χ1n) is 7.86. The summed E-state index contributed by atoms with van der Waals surface area (Å²) < 4.78 is 5.48. The largest absolute Gasteiger partial charge is 0.339 e. The second-order valence-electron chi connectivity index (χ2n) is 6.12. The molecule has 112 valence electrons. The maximum absolute atomic E-state index is 6.26. The van der Waals surface area contributed by atoms with Crippen LogP contribution in [0.25, 0.3) is 0 Å². The normalized spacial score (nSPS) is 23.0. The van der Waals surface area contributed by atoms with Crippen LogP contribution in [0.2, 0.25) is 0 Å². The Morgan fingerprint density at radius 2 is 1.90 bits per heavy atom. The maximum atomic E-state index is 6.26. The molecule has 0 saturated heterocycles. The van der Waals surface area contributed by atoms with Crippen molar-refractivity contribution in [3.8, 4) is 0 Å². The van der Waals surface area contributed by atoms with Gasteiger partial charge in [-0.2, -0.15) is 4.98 Å². The summed E-state index contributed by atoms with van der Waals surface area (Å²) in [4.78, 5) is 4.59. The van der Waals surface area contributed by atoms with Crippen molar-refractivity contribution in [3.05, 3.63) is 47.1 Å².